The van der Waals surface area contributed by atoms with E-state index >= 15 is 0 Å². The van der Waals surface area contributed by atoms with Crippen LogP contribution in [0.15, 0.2) is 60.8 Å². The summed E-state index contributed by atoms with van der Waals surface area (Å²) in [6.07, 6.45) is 2.65. The number of rotatable bonds is 8. The molecule has 0 atom stereocenters. The van der Waals surface area contributed by atoms with Crippen LogP contribution in [0.4, 0.5) is 0 Å². The van der Waals surface area contributed by atoms with Gasteiger partial charge in [-0.2, -0.15) is 0 Å². The van der Waals surface area contributed by atoms with Crippen LogP contribution in [-0.4, -0.2) is 58.6 Å². The molecule has 30 heavy (non-hydrogen) atoms. The number of hydrogen-bond donors (Lipinski definition) is 1. The Bertz CT molecular complexity index is 934. The summed E-state index contributed by atoms with van der Waals surface area (Å²) < 4.78 is 7.02. The Morgan fingerprint density at radius 2 is 1.73 bits per heavy atom. The van der Waals surface area contributed by atoms with Crippen molar-refractivity contribution in [2.24, 2.45) is 0 Å². The fraction of sp³-hybridized carbons (Fsp3) is 0.348. The number of benzene rings is 2. The van der Waals surface area contributed by atoms with Crippen LogP contribution in [0.5, 0.6) is 0 Å². The molecule has 2 heterocycles. The largest absolute Gasteiger partial charge is 0.378 e. The Hall–Kier alpha value is -3.03. The summed E-state index contributed by atoms with van der Waals surface area (Å²) in [6.45, 7) is 4.81. The number of aryl methyl sites for hydroxylation is 1. The van der Waals surface area contributed by atoms with Crippen LogP contribution in [0.25, 0.3) is 11.1 Å². The zero-order valence-corrected chi connectivity index (χ0v) is 17.0. The van der Waals surface area contributed by atoms with E-state index in [-0.39, 0.29) is 5.91 Å². The van der Waals surface area contributed by atoms with Crippen molar-refractivity contribution in [2.75, 3.05) is 32.8 Å². The fourth-order valence-electron chi connectivity index (χ4n) is 3.48. The van der Waals surface area contributed by atoms with Crippen LogP contribution in [0.1, 0.15) is 22.5 Å². The van der Waals surface area contributed by atoms with Gasteiger partial charge in [0.2, 0.25) is 0 Å². The van der Waals surface area contributed by atoms with E-state index in [4.69, 9.17) is 4.74 Å². The number of nitrogens with zero attached hydrogens (tertiary/aromatic N) is 4. The van der Waals surface area contributed by atoms with Gasteiger partial charge in [-0.15, -0.1) is 5.10 Å². The third kappa shape index (κ3) is 5.31. The number of ether oxygens (including phenoxy) is 1. The molecule has 1 fully saturated rings. The summed E-state index contributed by atoms with van der Waals surface area (Å²) in [7, 11) is 0. The van der Waals surface area contributed by atoms with E-state index in [0.717, 1.165) is 26.1 Å². The van der Waals surface area contributed by atoms with E-state index in [9.17, 15) is 4.79 Å². The number of hydrogen-bond acceptors (Lipinski definition) is 5. The topological polar surface area (TPSA) is 72.3 Å². The SMILES string of the molecule is O=C(c1cn(CCCNCc2ccc(-c3ccccc3)cc2)nn1)N1CCOCC1. The molecule has 0 spiro atoms. The highest BCUT2D eigenvalue weighted by atomic mass is 16.5. The van der Waals surface area contributed by atoms with Gasteiger partial charge >= 0.3 is 0 Å². The summed E-state index contributed by atoms with van der Waals surface area (Å²) in [5.74, 6) is -0.0679. The second-order valence-corrected chi connectivity index (χ2v) is 7.36. The third-order valence-electron chi connectivity index (χ3n) is 5.19. The van der Waals surface area contributed by atoms with Crippen molar-refractivity contribution in [1.82, 2.24) is 25.2 Å². The van der Waals surface area contributed by atoms with Crippen LogP contribution in [-0.2, 0) is 17.8 Å². The van der Waals surface area contributed by atoms with Gasteiger partial charge in [0.05, 0.1) is 19.4 Å². The van der Waals surface area contributed by atoms with Gasteiger partial charge in [0.15, 0.2) is 5.69 Å². The van der Waals surface area contributed by atoms with Crippen LogP contribution in [0.2, 0.25) is 0 Å². The van der Waals surface area contributed by atoms with E-state index in [0.29, 0.717) is 32.0 Å². The lowest BCUT2D eigenvalue weighted by Gasteiger charge is -2.25. The molecule has 1 amide bonds. The van der Waals surface area contributed by atoms with Crippen molar-refractivity contribution >= 4 is 5.91 Å². The highest BCUT2D eigenvalue weighted by molar-refractivity contribution is 5.91. The summed E-state index contributed by atoms with van der Waals surface area (Å²) in [6, 6.07) is 19.0. The van der Waals surface area contributed by atoms with Crippen molar-refractivity contribution in [3.8, 4) is 11.1 Å². The Morgan fingerprint density at radius 3 is 2.50 bits per heavy atom. The van der Waals surface area contributed by atoms with Gasteiger partial charge < -0.3 is 15.0 Å². The Balaban J connectivity index is 1.18. The van der Waals surface area contributed by atoms with Gasteiger partial charge in [-0.05, 0) is 29.7 Å². The highest BCUT2D eigenvalue weighted by Crippen LogP contribution is 2.19. The lowest BCUT2D eigenvalue weighted by molar-refractivity contribution is 0.0299. The molecule has 0 bridgehead atoms. The zero-order valence-electron chi connectivity index (χ0n) is 17.0. The minimum absolute atomic E-state index is 0.0679. The maximum Gasteiger partial charge on any atom is 0.276 e. The van der Waals surface area contributed by atoms with Crippen molar-refractivity contribution < 1.29 is 9.53 Å². The van der Waals surface area contributed by atoms with Gasteiger partial charge in [-0.25, -0.2) is 0 Å². The van der Waals surface area contributed by atoms with Gasteiger partial charge in [-0.3, -0.25) is 9.48 Å². The molecule has 3 aromatic rings. The predicted molar refractivity (Wildman–Crippen MR) is 115 cm³/mol. The molecule has 7 nitrogen and oxygen atoms in total. The molecule has 1 N–H and O–H groups in total. The number of carbonyl (C=O) groups is 1. The first-order chi connectivity index (χ1) is 14.8. The average molecular weight is 406 g/mol. The molecule has 156 valence electrons. The molecule has 0 aliphatic carbocycles. The van der Waals surface area contributed by atoms with Crippen molar-refractivity contribution in [3.05, 3.63) is 72.1 Å². The normalized spacial score (nSPS) is 14.1. The minimum Gasteiger partial charge on any atom is -0.378 e. The summed E-state index contributed by atoms with van der Waals surface area (Å²) >= 11 is 0. The van der Waals surface area contributed by atoms with E-state index in [1.165, 1.54) is 16.7 Å². The molecular weight excluding hydrogens is 378 g/mol. The maximum atomic E-state index is 12.4. The molecular formula is C23H27N5O2. The van der Waals surface area contributed by atoms with Gasteiger partial charge in [0, 0.05) is 26.2 Å². The second-order valence-electron chi connectivity index (χ2n) is 7.36. The minimum atomic E-state index is -0.0679. The molecule has 1 aromatic heterocycles. The fourth-order valence-corrected chi connectivity index (χ4v) is 3.48. The van der Waals surface area contributed by atoms with Crippen LogP contribution in [0, 0.1) is 0 Å². The zero-order chi connectivity index (χ0) is 20.6. The number of aromatic nitrogens is 3. The third-order valence-corrected chi connectivity index (χ3v) is 5.19. The van der Waals surface area contributed by atoms with Gasteiger partial charge in [-0.1, -0.05) is 59.8 Å². The average Bonchev–Trinajstić information content (AvgIpc) is 3.29. The molecule has 1 saturated heterocycles. The molecule has 0 unspecified atom stereocenters. The van der Waals surface area contributed by atoms with Crippen LogP contribution in [0.3, 0.4) is 0 Å². The highest BCUT2D eigenvalue weighted by Gasteiger charge is 2.21. The number of amides is 1. The van der Waals surface area contributed by atoms with Gasteiger partial charge in [0.25, 0.3) is 5.91 Å². The van der Waals surface area contributed by atoms with Crippen LogP contribution < -0.4 is 5.32 Å². The maximum absolute atomic E-state index is 12.4. The molecule has 1 aliphatic heterocycles. The number of morpholine rings is 1. The van der Waals surface area contributed by atoms with Gasteiger partial charge in [0.1, 0.15) is 0 Å². The first-order valence-electron chi connectivity index (χ1n) is 10.4. The molecule has 7 heteroatoms. The number of nitrogens with one attached hydrogen (secondary N) is 1. The van der Waals surface area contributed by atoms with E-state index < -0.39 is 0 Å². The van der Waals surface area contributed by atoms with Crippen LogP contribution >= 0.6 is 0 Å². The molecule has 0 radical (unpaired) electrons. The first kappa shape index (κ1) is 20.3. The number of carbonyl (C=O) groups excluding carboxylic acids is 1. The van der Waals surface area contributed by atoms with E-state index in [1.807, 2.05) is 6.07 Å². The standard InChI is InChI=1S/C23H27N5O2/c29-23(27-13-15-30-16-14-27)22-18-28(26-25-22)12-4-11-24-17-19-7-9-21(10-8-19)20-5-2-1-3-6-20/h1-3,5-10,18,24H,4,11-17H2. The molecule has 4 rings (SSSR count). The molecule has 1 aliphatic rings. The Kier molecular flexibility index (Phi) is 6.84. The van der Waals surface area contributed by atoms with Crippen molar-refractivity contribution in [1.29, 1.82) is 0 Å². The van der Waals surface area contributed by atoms with Crippen molar-refractivity contribution in [3.63, 3.8) is 0 Å². The summed E-state index contributed by atoms with van der Waals surface area (Å²) in [4.78, 5) is 14.2. The molecule has 2 aromatic carbocycles. The Morgan fingerprint density at radius 1 is 1.00 bits per heavy atom. The monoisotopic (exact) mass is 405 g/mol. The lowest BCUT2D eigenvalue weighted by Crippen LogP contribution is -2.40. The van der Waals surface area contributed by atoms with E-state index in [1.54, 1.807) is 15.8 Å². The first-order valence-corrected chi connectivity index (χ1v) is 10.4. The summed E-state index contributed by atoms with van der Waals surface area (Å²) in [5, 5.41) is 11.6. The lowest BCUT2D eigenvalue weighted by atomic mass is 10.0. The Labute approximate surface area is 176 Å². The predicted octanol–water partition coefficient (Wildman–Crippen LogP) is 2.60. The second kappa shape index (κ2) is 10.1. The quantitative estimate of drug-likeness (QED) is 0.583. The molecule has 0 saturated carbocycles. The van der Waals surface area contributed by atoms with E-state index in [2.05, 4.69) is 64.2 Å². The smallest absolute Gasteiger partial charge is 0.276 e. The summed E-state index contributed by atoms with van der Waals surface area (Å²) in [5.41, 5.74) is 4.13. The van der Waals surface area contributed by atoms with Crippen molar-refractivity contribution in [2.45, 2.75) is 19.5 Å².